The Bertz CT molecular complexity index is 929. The summed E-state index contributed by atoms with van der Waals surface area (Å²) < 4.78 is 56.5. The summed E-state index contributed by atoms with van der Waals surface area (Å²) in [6.45, 7) is -1.10. The quantitative estimate of drug-likeness (QED) is 0.286. The first-order valence-electron chi connectivity index (χ1n) is 9.45. The third-order valence-electron chi connectivity index (χ3n) is 4.76. The first-order valence-corrected chi connectivity index (χ1v) is 9.45. The van der Waals surface area contributed by atoms with Crippen LogP contribution in [0, 0.1) is 11.6 Å². The summed E-state index contributed by atoms with van der Waals surface area (Å²) in [4.78, 5) is 0. The third kappa shape index (κ3) is 4.83. The van der Waals surface area contributed by atoms with Crippen molar-refractivity contribution in [2.24, 2.45) is 0 Å². The van der Waals surface area contributed by atoms with Gasteiger partial charge in [-0.3, -0.25) is 0 Å². The van der Waals surface area contributed by atoms with Crippen LogP contribution >= 0.6 is 0 Å². The van der Waals surface area contributed by atoms with Gasteiger partial charge in [-0.05, 0) is 58.5 Å². The normalized spacial score (nSPS) is 11.4. The second kappa shape index (κ2) is 9.09. The Morgan fingerprint density at radius 3 is 2.14 bits per heavy atom. The largest absolute Gasteiger partial charge is 0.429 e. The lowest BCUT2D eigenvalue weighted by Crippen LogP contribution is -2.06. The summed E-state index contributed by atoms with van der Waals surface area (Å²) >= 11 is 0. The Kier molecular flexibility index (Phi) is 6.55. The van der Waals surface area contributed by atoms with Gasteiger partial charge >= 0.3 is 6.61 Å². The summed E-state index contributed by atoms with van der Waals surface area (Å²) in [5, 5.41) is 2.00. The number of alkyl halides is 2. The van der Waals surface area contributed by atoms with Crippen LogP contribution in [-0.4, -0.2) is 6.61 Å². The predicted molar refractivity (Wildman–Crippen MR) is 104 cm³/mol. The molecule has 0 aromatic heterocycles. The van der Waals surface area contributed by atoms with Crippen molar-refractivity contribution in [2.75, 3.05) is 0 Å². The lowest BCUT2D eigenvalue weighted by Gasteiger charge is -2.10. The highest BCUT2D eigenvalue weighted by molar-refractivity contribution is 5.88. The first-order chi connectivity index (χ1) is 13.5. The zero-order valence-electron chi connectivity index (χ0n) is 15.7. The van der Waals surface area contributed by atoms with E-state index in [1.54, 1.807) is 6.07 Å². The number of aryl methyl sites for hydroxylation is 1. The van der Waals surface area contributed by atoms with Gasteiger partial charge in [0.2, 0.25) is 0 Å². The topological polar surface area (TPSA) is 9.23 Å². The van der Waals surface area contributed by atoms with Crippen molar-refractivity contribution in [3.05, 3.63) is 65.7 Å². The molecule has 0 saturated heterocycles. The summed E-state index contributed by atoms with van der Waals surface area (Å²) in [6, 6.07) is 13.7. The van der Waals surface area contributed by atoms with Crippen molar-refractivity contribution >= 4 is 10.8 Å². The van der Waals surface area contributed by atoms with E-state index >= 15 is 0 Å². The maximum atomic E-state index is 14.0. The van der Waals surface area contributed by atoms with E-state index in [9.17, 15) is 17.6 Å². The third-order valence-corrected chi connectivity index (χ3v) is 4.76. The van der Waals surface area contributed by atoms with Crippen molar-refractivity contribution in [1.29, 1.82) is 0 Å². The Morgan fingerprint density at radius 2 is 1.46 bits per heavy atom. The molecule has 0 unspecified atom stereocenters. The van der Waals surface area contributed by atoms with E-state index in [1.807, 2.05) is 18.2 Å². The van der Waals surface area contributed by atoms with Crippen LogP contribution in [0.1, 0.15) is 38.2 Å². The average molecular weight is 390 g/mol. The molecule has 3 rings (SSSR count). The van der Waals surface area contributed by atoms with E-state index < -0.39 is 24.0 Å². The highest BCUT2D eigenvalue weighted by atomic mass is 19.3. The minimum atomic E-state index is -3.29. The second-order valence-electron chi connectivity index (χ2n) is 6.85. The molecule has 0 bridgehead atoms. The number of ether oxygens (including phenoxy) is 1. The lowest BCUT2D eigenvalue weighted by atomic mass is 9.98. The second-order valence-corrected chi connectivity index (χ2v) is 6.85. The van der Waals surface area contributed by atoms with Crippen molar-refractivity contribution in [1.82, 2.24) is 0 Å². The number of halogens is 4. The molecule has 0 spiro atoms. The molecule has 1 nitrogen and oxygen atoms in total. The van der Waals surface area contributed by atoms with Gasteiger partial charge in [0, 0.05) is 0 Å². The van der Waals surface area contributed by atoms with Crippen molar-refractivity contribution < 1.29 is 22.3 Å². The Balaban J connectivity index is 1.84. The van der Waals surface area contributed by atoms with Crippen LogP contribution in [0.25, 0.3) is 21.9 Å². The standard InChI is InChI=1S/C23H22F4O/c1-2-3-4-5-6-15-7-8-17-12-18(10-9-16(17)11-15)19-13-20(24)22(21(25)14-19)28-23(26)27/h7-14,23H,2-6H2,1H3. The minimum absolute atomic E-state index is 0.266. The molecule has 148 valence electrons. The summed E-state index contributed by atoms with van der Waals surface area (Å²) in [6.07, 6.45) is 5.85. The molecule has 0 amide bonds. The van der Waals surface area contributed by atoms with Gasteiger partial charge in [0.05, 0.1) is 0 Å². The first kappa shape index (κ1) is 20.2. The maximum Gasteiger partial charge on any atom is 0.387 e. The molecule has 0 aliphatic carbocycles. The minimum Gasteiger partial charge on any atom is -0.429 e. The molecule has 5 heteroatoms. The van der Waals surface area contributed by atoms with E-state index in [2.05, 4.69) is 23.8 Å². The van der Waals surface area contributed by atoms with E-state index in [-0.39, 0.29) is 5.56 Å². The highest BCUT2D eigenvalue weighted by Gasteiger charge is 2.17. The van der Waals surface area contributed by atoms with Gasteiger partial charge < -0.3 is 4.74 Å². The number of fused-ring (bicyclic) bond motifs is 1. The molecular weight excluding hydrogens is 368 g/mol. The van der Waals surface area contributed by atoms with Crippen LogP contribution < -0.4 is 4.74 Å². The monoisotopic (exact) mass is 390 g/mol. The molecule has 0 saturated carbocycles. The smallest absolute Gasteiger partial charge is 0.387 e. The number of rotatable bonds is 8. The molecule has 28 heavy (non-hydrogen) atoms. The van der Waals surface area contributed by atoms with Crippen molar-refractivity contribution in [3.63, 3.8) is 0 Å². The Morgan fingerprint density at radius 1 is 0.786 bits per heavy atom. The van der Waals surface area contributed by atoms with Gasteiger partial charge in [-0.1, -0.05) is 56.5 Å². The van der Waals surface area contributed by atoms with E-state index in [4.69, 9.17) is 0 Å². The number of unbranched alkanes of at least 4 members (excludes halogenated alkanes) is 3. The average Bonchev–Trinajstić information content (AvgIpc) is 2.67. The molecule has 3 aromatic carbocycles. The number of hydrogen-bond donors (Lipinski definition) is 0. The predicted octanol–water partition coefficient (Wildman–Crippen LogP) is 7.51. The van der Waals surface area contributed by atoms with Gasteiger partial charge in [0.25, 0.3) is 0 Å². The van der Waals surface area contributed by atoms with Gasteiger partial charge in [-0.2, -0.15) is 8.78 Å². The van der Waals surface area contributed by atoms with Crippen molar-refractivity contribution in [3.8, 4) is 16.9 Å². The van der Waals surface area contributed by atoms with E-state index in [0.717, 1.165) is 35.7 Å². The van der Waals surface area contributed by atoms with Gasteiger partial charge in [0.15, 0.2) is 17.4 Å². The van der Waals surface area contributed by atoms with Crippen LogP contribution in [-0.2, 0) is 6.42 Å². The van der Waals surface area contributed by atoms with Gasteiger partial charge in [-0.15, -0.1) is 0 Å². The maximum absolute atomic E-state index is 14.0. The fraction of sp³-hybridized carbons (Fsp3) is 0.304. The summed E-state index contributed by atoms with van der Waals surface area (Å²) in [7, 11) is 0. The summed E-state index contributed by atoms with van der Waals surface area (Å²) in [5.74, 6) is -3.37. The van der Waals surface area contributed by atoms with Crippen molar-refractivity contribution in [2.45, 2.75) is 45.6 Å². The molecule has 0 heterocycles. The van der Waals surface area contributed by atoms with E-state index in [1.165, 1.54) is 24.8 Å². The molecular formula is C23H22F4O. The van der Waals surface area contributed by atoms with Crippen LogP contribution in [0.15, 0.2) is 48.5 Å². The molecule has 0 radical (unpaired) electrons. The van der Waals surface area contributed by atoms with E-state index in [0.29, 0.717) is 5.56 Å². The summed E-state index contributed by atoms with van der Waals surface area (Å²) in [5.41, 5.74) is 2.13. The Hall–Kier alpha value is -2.56. The molecule has 3 aromatic rings. The lowest BCUT2D eigenvalue weighted by molar-refractivity contribution is -0.0546. The molecule has 0 aliphatic heterocycles. The zero-order chi connectivity index (χ0) is 20.1. The van der Waals surface area contributed by atoms with Gasteiger partial charge in [0.1, 0.15) is 0 Å². The van der Waals surface area contributed by atoms with Crippen LogP contribution in [0.3, 0.4) is 0 Å². The molecule has 0 N–H and O–H groups in total. The van der Waals surface area contributed by atoms with Crippen LogP contribution in [0.5, 0.6) is 5.75 Å². The zero-order valence-corrected chi connectivity index (χ0v) is 15.7. The van der Waals surface area contributed by atoms with Gasteiger partial charge in [-0.25, -0.2) is 8.78 Å². The molecule has 0 fully saturated rings. The fourth-order valence-corrected chi connectivity index (χ4v) is 3.31. The number of hydrogen-bond acceptors (Lipinski definition) is 1. The highest BCUT2D eigenvalue weighted by Crippen LogP contribution is 2.31. The van der Waals surface area contributed by atoms with Crippen LogP contribution in [0.4, 0.5) is 17.6 Å². The SMILES string of the molecule is CCCCCCc1ccc2cc(-c3cc(F)c(OC(F)F)c(F)c3)ccc2c1. The molecule has 0 aliphatic rings. The Labute approximate surface area is 162 Å². The van der Waals surface area contributed by atoms with Crippen LogP contribution in [0.2, 0.25) is 0 Å². The number of benzene rings is 3. The fourth-order valence-electron chi connectivity index (χ4n) is 3.31. The molecule has 0 atom stereocenters.